The number of hydrogen-bond donors (Lipinski definition) is 0. The Labute approximate surface area is 275 Å². The summed E-state index contributed by atoms with van der Waals surface area (Å²) < 4.78 is 1.36. The van der Waals surface area contributed by atoms with E-state index >= 15 is 0 Å². The molecule has 0 heterocycles. The Bertz CT molecular complexity index is 1610. The second kappa shape index (κ2) is 13.0. The Balaban J connectivity index is 1.55. The van der Waals surface area contributed by atoms with Crippen molar-refractivity contribution in [3.8, 4) is 22.3 Å². The molecule has 2 heteroatoms. The molecule has 2 aliphatic rings. The van der Waals surface area contributed by atoms with Gasteiger partial charge in [0.25, 0.3) is 0 Å². The van der Waals surface area contributed by atoms with Crippen molar-refractivity contribution in [2.75, 3.05) is 0 Å². The maximum atomic E-state index is 2.72. The zero-order chi connectivity index (χ0) is 31.1. The quantitative estimate of drug-likeness (QED) is 0.149. The summed E-state index contributed by atoms with van der Waals surface area (Å²) in [5.41, 5.74) is 18.3. The van der Waals surface area contributed by atoms with Crippen molar-refractivity contribution in [3.05, 3.63) is 129 Å². The topological polar surface area (TPSA) is 0 Å². The van der Waals surface area contributed by atoms with Gasteiger partial charge in [-0.15, -0.1) is 0 Å². The van der Waals surface area contributed by atoms with Gasteiger partial charge in [0.2, 0.25) is 0 Å². The molecule has 0 saturated heterocycles. The molecule has 4 aromatic carbocycles. The summed E-state index contributed by atoms with van der Waals surface area (Å²) in [5, 5.41) is 0. The molecule has 2 atom stereocenters. The predicted molar refractivity (Wildman–Crippen MR) is 192 cm³/mol. The fourth-order valence-corrected chi connectivity index (χ4v) is 40.3. The second-order valence-corrected chi connectivity index (χ2v) is 42.4. The minimum absolute atomic E-state index is 0.662. The molecule has 0 amide bonds. The van der Waals surface area contributed by atoms with Gasteiger partial charge in [0.1, 0.15) is 0 Å². The fourth-order valence-electron chi connectivity index (χ4n) is 8.07. The van der Waals surface area contributed by atoms with Gasteiger partial charge in [-0.05, 0) is 0 Å². The Kier molecular flexibility index (Phi) is 9.32. The number of rotatable bonds is 9. The van der Waals surface area contributed by atoms with Gasteiger partial charge in [0, 0.05) is 0 Å². The van der Waals surface area contributed by atoms with Crippen LogP contribution in [0.2, 0.25) is 13.1 Å². The van der Waals surface area contributed by atoms with Gasteiger partial charge in [-0.25, -0.2) is 0 Å². The molecule has 0 radical (unpaired) electrons. The first-order valence-corrected chi connectivity index (χ1v) is 30.1. The molecule has 0 bridgehead atoms. The number of benzene rings is 4. The first kappa shape index (κ1) is 31.4. The van der Waals surface area contributed by atoms with E-state index in [1.165, 1.54) is 57.3 Å². The molecule has 0 nitrogen and oxygen atoms in total. The SMILES string of the molecule is Cc1ccccc1-c1cccc2c1C=C(CC(C)C)[CH]2[Hf]([CH]1C(CC(C)C)=Cc2c(-c3ccccc3C)cccc21)[SiH](C)C. The van der Waals surface area contributed by atoms with Gasteiger partial charge >= 0.3 is 277 Å². The molecular formula is C42H49HfSi. The standard InChI is InChI=1S/2C20H21.C2H7Si.Hf/c2*1-14(2)11-16-12-17-8-6-10-19(20(17)13-16)18-9-5-4-7-15(18)3;1-3-2;/h2*4-10,12-14H,11H2,1-3H3;3H,1-2H3;. The van der Waals surface area contributed by atoms with E-state index < -0.39 is 26.6 Å². The van der Waals surface area contributed by atoms with Crippen molar-refractivity contribution < 1.29 is 20.6 Å². The Hall–Kier alpha value is -2.55. The van der Waals surface area contributed by atoms with E-state index in [4.69, 9.17) is 0 Å². The second-order valence-electron chi connectivity index (χ2n) is 14.4. The summed E-state index contributed by atoms with van der Waals surface area (Å²) in [6, 6.07) is 32.5. The molecule has 225 valence electrons. The summed E-state index contributed by atoms with van der Waals surface area (Å²) in [6.45, 7) is 19.7. The molecule has 6 rings (SSSR count). The van der Waals surface area contributed by atoms with Crippen LogP contribution in [0.3, 0.4) is 0 Å². The van der Waals surface area contributed by atoms with Crippen LogP contribution in [-0.4, -0.2) is 5.98 Å². The summed E-state index contributed by atoms with van der Waals surface area (Å²) in [6.07, 6.45) is 7.78. The predicted octanol–water partition coefficient (Wildman–Crippen LogP) is 11.9. The third-order valence-corrected chi connectivity index (χ3v) is 40.6. The minimum atomic E-state index is -2.43. The average molecular weight is 760 g/mol. The monoisotopic (exact) mass is 761 g/mol. The van der Waals surface area contributed by atoms with Crippen molar-refractivity contribution in [2.45, 2.75) is 74.8 Å². The van der Waals surface area contributed by atoms with Crippen LogP contribution >= 0.6 is 0 Å². The van der Waals surface area contributed by atoms with E-state index in [9.17, 15) is 0 Å². The summed E-state index contributed by atoms with van der Waals surface area (Å²) in [5.74, 6) is 0.380. The van der Waals surface area contributed by atoms with Crippen LogP contribution in [0.4, 0.5) is 0 Å². The Morgan fingerprint density at radius 1 is 0.545 bits per heavy atom. The van der Waals surface area contributed by atoms with Crippen molar-refractivity contribution in [3.63, 3.8) is 0 Å². The van der Waals surface area contributed by atoms with E-state index in [1.54, 1.807) is 22.3 Å². The summed E-state index contributed by atoms with van der Waals surface area (Å²) >= 11 is -2.43. The van der Waals surface area contributed by atoms with Gasteiger partial charge in [0.15, 0.2) is 0 Å². The fraction of sp³-hybridized carbons (Fsp3) is 0.333. The van der Waals surface area contributed by atoms with E-state index in [2.05, 4.69) is 152 Å². The van der Waals surface area contributed by atoms with Crippen LogP contribution in [0.5, 0.6) is 0 Å². The Morgan fingerprint density at radius 2 is 0.932 bits per heavy atom. The van der Waals surface area contributed by atoms with Gasteiger partial charge in [-0.3, -0.25) is 0 Å². The number of aryl methyl sites for hydroxylation is 2. The van der Waals surface area contributed by atoms with Crippen molar-refractivity contribution in [1.82, 2.24) is 0 Å². The summed E-state index contributed by atoms with van der Waals surface area (Å²) in [4.78, 5) is 0. The Morgan fingerprint density at radius 3 is 1.30 bits per heavy atom. The third kappa shape index (κ3) is 5.90. The summed E-state index contributed by atoms with van der Waals surface area (Å²) in [7, 11) is 0. The van der Waals surface area contributed by atoms with Gasteiger partial charge in [0.05, 0.1) is 0 Å². The molecular weight excluding hydrogens is 711 g/mol. The molecule has 0 aromatic heterocycles. The molecule has 0 fully saturated rings. The van der Waals surface area contributed by atoms with Crippen LogP contribution in [0.25, 0.3) is 34.4 Å². The molecule has 0 saturated carbocycles. The molecule has 0 spiro atoms. The van der Waals surface area contributed by atoms with Crippen LogP contribution in [0, 0.1) is 25.7 Å². The van der Waals surface area contributed by atoms with E-state index in [0.717, 1.165) is 0 Å². The average Bonchev–Trinajstić information content (AvgIpc) is 3.51. The molecule has 2 unspecified atom stereocenters. The first-order chi connectivity index (χ1) is 21.2. The normalized spacial score (nSPS) is 17.2. The van der Waals surface area contributed by atoms with Crippen LogP contribution in [0.15, 0.2) is 96.1 Å². The van der Waals surface area contributed by atoms with Crippen LogP contribution in [-0.2, 0) is 20.6 Å². The third-order valence-electron chi connectivity index (χ3n) is 9.79. The molecule has 4 aromatic rings. The maximum absolute atomic E-state index is 2.72. The van der Waals surface area contributed by atoms with Crippen molar-refractivity contribution >= 4 is 18.1 Å². The van der Waals surface area contributed by atoms with Gasteiger partial charge in [-0.2, -0.15) is 0 Å². The van der Waals surface area contributed by atoms with Crippen LogP contribution < -0.4 is 0 Å². The van der Waals surface area contributed by atoms with Crippen molar-refractivity contribution in [2.24, 2.45) is 11.8 Å². The zero-order valence-electron chi connectivity index (χ0n) is 28.0. The number of fused-ring (bicyclic) bond motifs is 2. The van der Waals surface area contributed by atoms with E-state index in [1.807, 2.05) is 0 Å². The molecule has 2 aliphatic carbocycles. The number of hydrogen-bond acceptors (Lipinski definition) is 0. The van der Waals surface area contributed by atoms with Crippen LogP contribution in [0.1, 0.15) is 81.3 Å². The van der Waals surface area contributed by atoms with Gasteiger partial charge in [-0.1, -0.05) is 0 Å². The molecule has 0 N–H and O–H groups in total. The molecule has 0 aliphatic heterocycles. The van der Waals surface area contributed by atoms with Crippen molar-refractivity contribution in [1.29, 1.82) is 0 Å². The first-order valence-electron chi connectivity index (χ1n) is 16.8. The van der Waals surface area contributed by atoms with E-state index in [-0.39, 0.29) is 0 Å². The molecule has 44 heavy (non-hydrogen) atoms. The van der Waals surface area contributed by atoms with E-state index in [0.29, 0.717) is 19.2 Å². The van der Waals surface area contributed by atoms with Gasteiger partial charge < -0.3 is 0 Å². The number of allylic oxidation sites excluding steroid dienone is 2. The zero-order valence-corrected chi connectivity index (χ0v) is 32.8.